The van der Waals surface area contributed by atoms with Crippen molar-refractivity contribution in [2.75, 3.05) is 5.32 Å². The second-order valence-corrected chi connectivity index (χ2v) is 4.34. The number of aromatic amines is 2. The molecule has 2 aromatic heterocycles. The number of rotatable bonds is 3. The second-order valence-electron chi connectivity index (χ2n) is 4.34. The molecule has 0 unspecified atom stereocenters. The average Bonchev–Trinajstić information content (AvgIpc) is 2.86. The van der Waals surface area contributed by atoms with E-state index < -0.39 is 0 Å². The lowest BCUT2D eigenvalue weighted by Crippen LogP contribution is -2.20. The summed E-state index contributed by atoms with van der Waals surface area (Å²) in [6, 6.07) is 5.09. The predicted octanol–water partition coefficient (Wildman–Crippen LogP) is -0.0430. The summed E-state index contributed by atoms with van der Waals surface area (Å²) in [7, 11) is 1.78. The largest absolute Gasteiger partial charge is 0.379 e. The van der Waals surface area contributed by atoms with Crippen LogP contribution in [0.5, 0.6) is 0 Å². The highest BCUT2D eigenvalue weighted by molar-refractivity contribution is 5.92. The molecule has 0 radical (unpaired) electrons. The Morgan fingerprint density at radius 2 is 2.05 bits per heavy atom. The van der Waals surface area contributed by atoms with Crippen LogP contribution in [0, 0.1) is 0 Å². The topological polar surface area (TPSA) is 108 Å². The maximum Gasteiger partial charge on any atom is 0.272 e. The molecule has 0 spiro atoms. The highest BCUT2D eigenvalue weighted by Crippen LogP contribution is 2.17. The van der Waals surface area contributed by atoms with Gasteiger partial charge in [-0.3, -0.25) is 24.5 Å². The summed E-state index contributed by atoms with van der Waals surface area (Å²) in [5.74, 6) is 0. The van der Waals surface area contributed by atoms with Crippen LogP contribution in [0.4, 0.5) is 5.69 Å². The molecule has 1 aromatic carbocycles. The Bertz CT molecular complexity index is 875. The first-order valence-electron chi connectivity index (χ1n) is 5.98. The number of benzene rings is 1. The van der Waals surface area contributed by atoms with E-state index in [0.29, 0.717) is 23.0 Å². The number of hydrogen-bond donors (Lipinski definition) is 3. The molecule has 0 fully saturated rings. The van der Waals surface area contributed by atoms with Crippen LogP contribution in [0.25, 0.3) is 10.8 Å². The minimum Gasteiger partial charge on any atom is -0.379 e. The molecule has 3 rings (SSSR count). The summed E-state index contributed by atoms with van der Waals surface area (Å²) in [4.78, 5) is 23.6. The maximum absolute atomic E-state index is 11.9. The molecule has 2 heterocycles. The zero-order valence-corrected chi connectivity index (χ0v) is 10.7. The van der Waals surface area contributed by atoms with E-state index in [2.05, 4.69) is 25.8 Å². The molecule has 102 valence electrons. The molecule has 3 aromatic rings. The number of H-pyrrole nitrogens is 2. The fraction of sp³-hybridized carbons (Fsp3) is 0.167. The van der Waals surface area contributed by atoms with Gasteiger partial charge in [-0.1, -0.05) is 11.3 Å². The van der Waals surface area contributed by atoms with Gasteiger partial charge >= 0.3 is 0 Å². The Hall–Kier alpha value is -2.90. The smallest absolute Gasteiger partial charge is 0.272 e. The van der Waals surface area contributed by atoms with Crippen molar-refractivity contribution in [2.45, 2.75) is 6.54 Å². The van der Waals surface area contributed by atoms with Crippen molar-refractivity contribution >= 4 is 16.5 Å². The van der Waals surface area contributed by atoms with Crippen molar-refractivity contribution in [2.24, 2.45) is 7.05 Å². The molecule has 0 saturated heterocycles. The van der Waals surface area contributed by atoms with E-state index in [-0.39, 0.29) is 11.1 Å². The number of nitrogens with one attached hydrogen (secondary N) is 3. The summed E-state index contributed by atoms with van der Waals surface area (Å²) in [6.07, 6.45) is 1.63. The molecule has 0 bridgehead atoms. The Morgan fingerprint density at radius 3 is 2.80 bits per heavy atom. The molecule has 0 amide bonds. The summed E-state index contributed by atoms with van der Waals surface area (Å²) < 4.78 is 1.63. The zero-order chi connectivity index (χ0) is 14.1. The van der Waals surface area contributed by atoms with Gasteiger partial charge < -0.3 is 5.32 Å². The van der Waals surface area contributed by atoms with Gasteiger partial charge in [-0.25, -0.2) is 0 Å². The van der Waals surface area contributed by atoms with Crippen molar-refractivity contribution in [1.82, 2.24) is 25.2 Å². The zero-order valence-electron chi connectivity index (χ0n) is 10.7. The first-order chi connectivity index (χ1) is 9.66. The van der Waals surface area contributed by atoms with Crippen LogP contribution < -0.4 is 16.4 Å². The first-order valence-corrected chi connectivity index (χ1v) is 5.98. The third-order valence-electron chi connectivity index (χ3n) is 3.09. The van der Waals surface area contributed by atoms with Gasteiger partial charge in [0.2, 0.25) is 0 Å². The lowest BCUT2D eigenvalue weighted by molar-refractivity contribution is 0.683. The SMILES string of the molecule is Cn1nncc1CNc1cccc2c(=O)[nH][nH]c(=O)c12. The van der Waals surface area contributed by atoms with Crippen LogP contribution in [-0.4, -0.2) is 25.2 Å². The quantitative estimate of drug-likeness (QED) is 0.619. The van der Waals surface area contributed by atoms with E-state index in [1.807, 2.05) is 0 Å². The fourth-order valence-electron chi connectivity index (χ4n) is 2.03. The molecule has 0 aliphatic heterocycles. The van der Waals surface area contributed by atoms with Crippen LogP contribution in [0.1, 0.15) is 5.69 Å². The van der Waals surface area contributed by atoms with Crippen molar-refractivity contribution in [3.63, 3.8) is 0 Å². The van der Waals surface area contributed by atoms with E-state index in [9.17, 15) is 9.59 Å². The molecule has 3 N–H and O–H groups in total. The molecule has 0 aliphatic rings. The highest BCUT2D eigenvalue weighted by atomic mass is 16.1. The maximum atomic E-state index is 11.9. The summed E-state index contributed by atoms with van der Waals surface area (Å²) in [6.45, 7) is 0.453. The Morgan fingerprint density at radius 1 is 1.25 bits per heavy atom. The van der Waals surface area contributed by atoms with Gasteiger partial charge in [0.05, 0.1) is 29.2 Å². The van der Waals surface area contributed by atoms with Gasteiger partial charge in [-0.05, 0) is 12.1 Å². The number of fused-ring (bicyclic) bond motifs is 1. The van der Waals surface area contributed by atoms with Gasteiger partial charge in [0.15, 0.2) is 0 Å². The summed E-state index contributed by atoms with van der Waals surface area (Å²) >= 11 is 0. The number of anilines is 1. The van der Waals surface area contributed by atoms with Crippen LogP contribution in [0.3, 0.4) is 0 Å². The summed E-state index contributed by atoms with van der Waals surface area (Å²) in [5.41, 5.74) is 0.788. The lowest BCUT2D eigenvalue weighted by Gasteiger charge is -2.08. The number of nitrogens with zero attached hydrogens (tertiary/aromatic N) is 3. The van der Waals surface area contributed by atoms with Crippen LogP contribution in [0.15, 0.2) is 34.0 Å². The van der Waals surface area contributed by atoms with Crippen LogP contribution in [0.2, 0.25) is 0 Å². The third-order valence-corrected chi connectivity index (χ3v) is 3.09. The van der Waals surface area contributed by atoms with Crippen molar-refractivity contribution in [1.29, 1.82) is 0 Å². The van der Waals surface area contributed by atoms with Gasteiger partial charge in [-0.2, -0.15) is 0 Å². The third kappa shape index (κ3) is 1.96. The van der Waals surface area contributed by atoms with Crippen LogP contribution in [-0.2, 0) is 13.6 Å². The molecule has 8 heteroatoms. The van der Waals surface area contributed by atoms with E-state index in [4.69, 9.17) is 0 Å². The van der Waals surface area contributed by atoms with E-state index in [1.165, 1.54) is 0 Å². The molecule has 20 heavy (non-hydrogen) atoms. The molecule has 8 nitrogen and oxygen atoms in total. The minimum atomic E-state index is -0.342. The highest BCUT2D eigenvalue weighted by Gasteiger charge is 2.08. The van der Waals surface area contributed by atoms with Crippen LogP contribution >= 0.6 is 0 Å². The second kappa shape index (κ2) is 4.65. The van der Waals surface area contributed by atoms with Crippen molar-refractivity contribution in [3.05, 3.63) is 50.8 Å². The first kappa shape index (κ1) is 12.2. The van der Waals surface area contributed by atoms with Gasteiger partial charge in [0, 0.05) is 12.7 Å². The molecule has 0 aliphatic carbocycles. The normalized spacial score (nSPS) is 10.8. The van der Waals surface area contributed by atoms with Gasteiger partial charge in [0.25, 0.3) is 11.1 Å². The Balaban J connectivity index is 2.04. The van der Waals surface area contributed by atoms with E-state index in [0.717, 1.165) is 5.69 Å². The van der Waals surface area contributed by atoms with Gasteiger partial charge in [-0.15, -0.1) is 5.10 Å². The Kier molecular flexibility index (Phi) is 2.82. The average molecular weight is 272 g/mol. The van der Waals surface area contributed by atoms with Crippen molar-refractivity contribution in [3.8, 4) is 0 Å². The summed E-state index contributed by atoms with van der Waals surface area (Å²) in [5, 5.41) is 16.0. The van der Waals surface area contributed by atoms with Gasteiger partial charge in [0.1, 0.15) is 0 Å². The van der Waals surface area contributed by atoms with E-state index in [1.54, 1.807) is 36.1 Å². The molecular weight excluding hydrogens is 260 g/mol. The molecular formula is C12H12N6O2. The fourth-order valence-corrected chi connectivity index (χ4v) is 2.03. The lowest BCUT2D eigenvalue weighted by atomic mass is 10.1. The Labute approximate surface area is 112 Å². The number of aryl methyl sites for hydroxylation is 1. The predicted molar refractivity (Wildman–Crippen MR) is 73.5 cm³/mol. The monoisotopic (exact) mass is 272 g/mol. The molecule has 0 saturated carbocycles. The van der Waals surface area contributed by atoms with E-state index >= 15 is 0 Å². The molecule has 0 atom stereocenters. The van der Waals surface area contributed by atoms with Crippen molar-refractivity contribution < 1.29 is 0 Å². The minimum absolute atomic E-state index is 0.328. The number of aromatic nitrogens is 5. The number of hydrogen-bond acceptors (Lipinski definition) is 5. The standard InChI is InChI=1S/C12H12N6O2/c1-18-7(6-14-17-18)5-13-9-4-2-3-8-10(9)12(20)16-15-11(8)19/h2-4,6,13H,5H2,1H3,(H,15,19)(H,16,20).